The van der Waals surface area contributed by atoms with Crippen molar-refractivity contribution in [3.8, 4) is 6.07 Å². The van der Waals surface area contributed by atoms with E-state index in [4.69, 9.17) is 16.3 Å². The number of anilines is 1. The fourth-order valence-corrected chi connectivity index (χ4v) is 3.43. The van der Waals surface area contributed by atoms with Crippen molar-refractivity contribution in [2.45, 2.75) is 6.10 Å². The smallest absolute Gasteiger partial charge is 0.270 e. The first kappa shape index (κ1) is 18.2. The number of rotatable bonds is 3. The molecule has 1 aliphatic rings. The number of aromatic nitrogens is 1. The highest BCUT2D eigenvalue weighted by Crippen LogP contribution is 2.30. The highest BCUT2D eigenvalue weighted by Gasteiger charge is 2.24. The lowest BCUT2D eigenvalue weighted by Crippen LogP contribution is -2.38. The molecule has 3 aromatic rings. The maximum atomic E-state index is 11.0. The first-order chi connectivity index (χ1) is 13.5. The molecule has 1 saturated heterocycles. The van der Waals surface area contributed by atoms with Crippen LogP contribution in [-0.2, 0) is 4.74 Å². The molecule has 28 heavy (non-hydrogen) atoms. The van der Waals surface area contributed by atoms with Gasteiger partial charge in [0.25, 0.3) is 5.69 Å². The number of morpholine rings is 1. The number of halogens is 1. The zero-order valence-corrected chi connectivity index (χ0v) is 15.5. The molecule has 0 amide bonds. The molecular formula is C20H15ClN4O3. The number of nitrogens with zero attached hydrogens (tertiary/aromatic N) is 4. The molecule has 140 valence electrons. The first-order valence-corrected chi connectivity index (χ1v) is 9.04. The van der Waals surface area contributed by atoms with Gasteiger partial charge in [0.15, 0.2) is 0 Å². The number of pyridine rings is 1. The number of hydrogen-bond acceptors (Lipinski definition) is 6. The van der Waals surface area contributed by atoms with E-state index in [2.05, 4.69) is 16.0 Å². The van der Waals surface area contributed by atoms with E-state index in [1.165, 1.54) is 12.1 Å². The van der Waals surface area contributed by atoms with Gasteiger partial charge in [-0.1, -0.05) is 23.7 Å². The molecule has 1 aromatic heterocycles. The van der Waals surface area contributed by atoms with Gasteiger partial charge in [0.1, 0.15) is 11.9 Å². The average Bonchev–Trinajstić information content (AvgIpc) is 2.73. The van der Waals surface area contributed by atoms with Crippen LogP contribution >= 0.6 is 11.6 Å². The van der Waals surface area contributed by atoms with Crippen LogP contribution in [0.25, 0.3) is 10.9 Å². The molecule has 0 aliphatic carbocycles. The van der Waals surface area contributed by atoms with Crippen LogP contribution in [0, 0.1) is 21.4 Å². The van der Waals surface area contributed by atoms with Crippen LogP contribution < -0.4 is 4.90 Å². The SMILES string of the molecule is N#Cc1cc(N2CCOC(c3ccc(Cl)cc3)C2)nc2ccc([N+](=O)[O-])cc12. The van der Waals surface area contributed by atoms with Crippen LogP contribution in [0.1, 0.15) is 17.2 Å². The number of nitriles is 1. The quantitative estimate of drug-likeness (QED) is 0.487. The summed E-state index contributed by atoms with van der Waals surface area (Å²) in [5.74, 6) is 0.653. The standard InChI is InChI=1S/C20H15ClN4O3/c21-15-3-1-13(2-4-15)19-12-24(7-8-28-19)20-9-14(11-22)17-10-16(25(26)27)5-6-18(17)23-20/h1-6,9-10,19H,7-8,12H2. The number of ether oxygens (including phenoxy) is 1. The van der Waals surface area contributed by atoms with Gasteiger partial charge < -0.3 is 9.64 Å². The zero-order valence-electron chi connectivity index (χ0n) is 14.7. The van der Waals surface area contributed by atoms with Crippen LogP contribution in [0.2, 0.25) is 5.02 Å². The van der Waals surface area contributed by atoms with Crippen molar-refractivity contribution in [2.75, 3.05) is 24.6 Å². The summed E-state index contributed by atoms with van der Waals surface area (Å²) in [6, 6.07) is 15.7. The molecule has 1 unspecified atom stereocenters. The summed E-state index contributed by atoms with van der Waals surface area (Å²) in [6.45, 7) is 1.74. The Morgan fingerprint density at radius 3 is 2.75 bits per heavy atom. The number of benzene rings is 2. The molecular weight excluding hydrogens is 380 g/mol. The molecule has 0 radical (unpaired) electrons. The van der Waals surface area contributed by atoms with E-state index in [1.807, 2.05) is 24.3 Å². The highest BCUT2D eigenvalue weighted by atomic mass is 35.5. The van der Waals surface area contributed by atoms with Crippen molar-refractivity contribution >= 4 is 34.0 Å². The van der Waals surface area contributed by atoms with Gasteiger partial charge in [0.2, 0.25) is 0 Å². The number of nitro groups is 1. The Hall–Kier alpha value is -3.21. The van der Waals surface area contributed by atoms with E-state index >= 15 is 0 Å². The van der Waals surface area contributed by atoms with Crippen LogP contribution in [-0.4, -0.2) is 29.6 Å². The minimum absolute atomic E-state index is 0.0623. The van der Waals surface area contributed by atoms with Crippen molar-refractivity contribution in [3.63, 3.8) is 0 Å². The number of nitro benzene ring substituents is 1. The molecule has 0 saturated carbocycles. The third-order valence-electron chi connectivity index (χ3n) is 4.74. The molecule has 0 bridgehead atoms. The molecule has 1 atom stereocenters. The molecule has 1 aliphatic heterocycles. The number of hydrogen-bond donors (Lipinski definition) is 0. The van der Waals surface area contributed by atoms with Gasteiger partial charge in [-0.2, -0.15) is 5.26 Å². The third kappa shape index (κ3) is 3.48. The maximum absolute atomic E-state index is 11.0. The van der Waals surface area contributed by atoms with E-state index in [9.17, 15) is 15.4 Å². The Bertz CT molecular complexity index is 1100. The van der Waals surface area contributed by atoms with Gasteiger partial charge in [-0.25, -0.2) is 4.98 Å². The Morgan fingerprint density at radius 2 is 2.04 bits per heavy atom. The molecule has 7 nitrogen and oxygen atoms in total. The summed E-state index contributed by atoms with van der Waals surface area (Å²) >= 11 is 5.96. The van der Waals surface area contributed by atoms with E-state index in [-0.39, 0.29) is 11.8 Å². The largest absolute Gasteiger partial charge is 0.370 e. The van der Waals surface area contributed by atoms with Crippen molar-refractivity contribution in [2.24, 2.45) is 0 Å². The van der Waals surface area contributed by atoms with Crippen LogP contribution in [0.5, 0.6) is 0 Å². The summed E-state index contributed by atoms with van der Waals surface area (Å²) in [6.07, 6.45) is -0.133. The van der Waals surface area contributed by atoms with E-state index in [0.29, 0.717) is 47.0 Å². The monoisotopic (exact) mass is 394 g/mol. The predicted molar refractivity (Wildman–Crippen MR) is 105 cm³/mol. The third-order valence-corrected chi connectivity index (χ3v) is 4.99. The van der Waals surface area contributed by atoms with E-state index < -0.39 is 4.92 Å². The molecule has 4 rings (SSSR count). The van der Waals surface area contributed by atoms with Gasteiger partial charge in [0, 0.05) is 35.6 Å². The highest BCUT2D eigenvalue weighted by molar-refractivity contribution is 6.30. The maximum Gasteiger partial charge on any atom is 0.270 e. The van der Waals surface area contributed by atoms with Crippen LogP contribution in [0.3, 0.4) is 0 Å². The van der Waals surface area contributed by atoms with Gasteiger partial charge in [-0.3, -0.25) is 10.1 Å². The Labute approximate surface area is 165 Å². The lowest BCUT2D eigenvalue weighted by atomic mass is 10.1. The summed E-state index contributed by atoms with van der Waals surface area (Å²) in [4.78, 5) is 17.2. The lowest BCUT2D eigenvalue weighted by Gasteiger charge is -2.34. The zero-order chi connectivity index (χ0) is 19.7. The Balaban J connectivity index is 1.68. The van der Waals surface area contributed by atoms with Gasteiger partial charge in [0.05, 0.1) is 28.7 Å². The topological polar surface area (TPSA) is 92.3 Å². The fraction of sp³-hybridized carbons (Fsp3) is 0.200. The molecule has 8 heteroatoms. The van der Waals surface area contributed by atoms with E-state index in [0.717, 1.165) is 5.56 Å². The molecule has 0 N–H and O–H groups in total. The summed E-state index contributed by atoms with van der Waals surface area (Å²) in [5.41, 5.74) is 1.87. The Kier molecular flexibility index (Phi) is 4.82. The average molecular weight is 395 g/mol. The van der Waals surface area contributed by atoms with Gasteiger partial charge in [-0.05, 0) is 29.8 Å². The molecule has 1 fully saturated rings. The summed E-state index contributed by atoms with van der Waals surface area (Å²) in [5, 5.41) is 21.7. The summed E-state index contributed by atoms with van der Waals surface area (Å²) < 4.78 is 5.89. The second-order valence-electron chi connectivity index (χ2n) is 6.46. The number of fused-ring (bicyclic) bond motifs is 1. The Morgan fingerprint density at radius 1 is 1.25 bits per heavy atom. The lowest BCUT2D eigenvalue weighted by molar-refractivity contribution is -0.384. The summed E-state index contributed by atoms with van der Waals surface area (Å²) in [7, 11) is 0. The van der Waals surface area contributed by atoms with Gasteiger partial charge in [-0.15, -0.1) is 0 Å². The minimum Gasteiger partial charge on any atom is -0.370 e. The van der Waals surface area contributed by atoms with Crippen LogP contribution in [0.15, 0.2) is 48.5 Å². The van der Waals surface area contributed by atoms with Gasteiger partial charge >= 0.3 is 0 Å². The molecule has 2 aromatic carbocycles. The van der Waals surface area contributed by atoms with Crippen molar-refractivity contribution < 1.29 is 9.66 Å². The van der Waals surface area contributed by atoms with Crippen molar-refractivity contribution in [3.05, 3.63) is 74.8 Å². The fourth-order valence-electron chi connectivity index (χ4n) is 3.30. The van der Waals surface area contributed by atoms with E-state index in [1.54, 1.807) is 12.1 Å². The van der Waals surface area contributed by atoms with Crippen molar-refractivity contribution in [1.82, 2.24) is 4.98 Å². The normalized spacial score (nSPS) is 16.7. The van der Waals surface area contributed by atoms with Crippen molar-refractivity contribution in [1.29, 1.82) is 5.26 Å². The second-order valence-corrected chi connectivity index (χ2v) is 6.89. The first-order valence-electron chi connectivity index (χ1n) is 8.66. The molecule has 2 heterocycles. The minimum atomic E-state index is -0.479. The van der Waals surface area contributed by atoms with Crippen LogP contribution in [0.4, 0.5) is 11.5 Å². The number of non-ortho nitro benzene ring substituents is 1. The predicted octanol–water partition coefficient (Wildman–Crippen LogP) is 4.25. The molecule has 0 spiro atoms. The second kappa shape index (κ2) is 7.43.